The number of piperidine rings is 1. The molecule has 0 bridgehead atoms. The van der Waals surface area contributed by atoms with Crippen molar-refractivity contribution in [2.24, 2.45) is 5.18 Å². The number of nitroso groups, excluding NO2 is 1. The first-order valence-electron chi connectivity index (χ1n) is 7.27. The molecule has 0 unspecified atom stereocenters. The van der Waals surface area contributed by atoms with Gasteiger partial charge >= 0.3 is 0 Å². The Bertz CT molecular complexity index is 757. The van der Waals surface area contributed by atoms with E-state index in [1.165, 1.54) is 5.39 Å². The fraction of sp³-hybridized carbons (Fsp3) is 0.312. The van der Waals surface area contributed by atoms with Crippen LogP contribution >= 0.6 is 0 Å². The third-order valence-corrected chi connectivity index (χ3v) is 4.35. The summed E-state index contributed by atoms with van der Waals surface area (Å²) in [6.07, 6.45) is 2.70. The van der Waals surface area contributed by atoms with Gasteiger partial charge in [0.25, 0.3) is 0 Å². The van der Waals surface area contributed by atoms with Crippen LogP contribution in [-0.4, -0.2) is 28.7 Å². The third-order valence-electron chi connectivity index (χ3n) is 4.35. The molecule has 1 aromatic carbocycles. The first-order chi connectivity index (χ1) is 10.4. The van der Waals surface area contributed by atoms with Gasteiger partial charge in [-0.3, -0.25) is 0 Å². The summed E-state index contributed by atoms with van der Waals surface area (Å²) in [6.45, 7) is 1.53. The zero-order valence-corrected chi connectivity index (χ0v) is 11.6. The number of hydrogen-bond donors (Lipinski definition) is 1. The van der Waals surface area contributed by atoms with E-state index in [2.05, 4.69) is 38.2 Å². The maximum absolute atomic E-state index is 11.2. The standard InChI is InChI=1S/C16H16N4O/c21-19-13-10-17-9-7-15(13)20-14-6-2-1-4-11(14)12-5-3-8-18-16(12)20/h1-6,8,13,15,17H,7,9-10H2/t13-,15-/m0/s1. The van der Waals surface area contributed by atoms with Gasteiger partial charge in [-0.05, 0) is 31.2 Å². The lowest BCUT2D eigenvalue weighted by atomic mass is 10.0. The molecule has 0 saturated carbocycles. The molecule has 0 aliphatic carbocycles. The minimum atomic E-state index is -0.250. The molecule has 0 amide bonds. The Kier molecular flexibility index (Phi) is 2.93. The van der Waals surface area contributed by atoms with Gasteiger partial charge in [0.1, 0.15) is 11.7 Å². The van der Waals surface area contributed by atoms with Crippen LogP contribution in [0.1, 0.15) is 12.5 Å². The number of para-hydroxylation sites is 1. The van der Waals surface area contributed by atoms with E-state index in [1.54, 1.807) is 0 Å². The largest absolute Gasteiger partial charge is 0.320 e. The molecule has 1 saturated heterocycles. The van der Waals surface area contributed by atoms with Crippen LogP contribution in [0.15, 0.2) is 47.8 Å². The van der Waals surface area contributed by atoms with Gasteiger partial charge in [0, 0.05) is 23.5 Å². The molecule has 106 valence electrons. The maximum atomic E-state index is 11.2. The van der Waals surface area contributed by atoms with E-state index in [4.69, 9.17) is 0 Å². The Morgan fingerprint density at radius 1 is 1.19 bits per heavy atom. The van der Waals surface area contributed by atoms with Gasteiger partial charge in [0.05, 0.1) is 11.6 Å². The van der Waals surface area contributed by atoms with E-state index in [-0.39, 0.29) is 12.1 Å². The Labute approximate surface area is 121 Å². The van der Waals surface area contributed by atoms with E-state index in [0.717, 1.165) is 29.5 Å². The maximum Gasteiger partial charge on any atom is 0.141 e. The zero-order valence-electron chi connectivity index (χ0n) is 11.6. The van der Waals surface area contributed by atoms with Crippen molar-refractivity contribution in [2.45, 2.75) is 18.5 Å². The van der Waals surface area contributed by atoms with E-state index in [1.807, 2.05) is 24.4 Å². The fourth-order valence-corrected chi connectivity index (χ4v) is 3.40. The van der Waals surface area contributed by atoms with Crippen molar-refractivity contribution in [3.05, 3.63) is 47.5 Å². The molecule has 4 rings (SSSR count). The van der Waals surface area contributed by atoms with E-state index >= 15 is 0 Å². The molecule has 5 nitrogen and oxygen atoms in total. The van der Waals surface area contributed by atoms with Crippen molar-refractivity contribution in [3.63, 3.8) is 0 Å². The van der Waals surface area contributed by atoms with Gasteiger partial charge in [-0.1, -0.05) is 23.4 Å². The van der Waals surface area contributed by atoms with Gasteiger partial charge < -0.3 is 9.88 Å². The first kappa shape index (κ1) is 12.5. The average molecular weight is 280 g/mol. The van der Waals surface area contributed by atoms with Crippen LogP contribution < -0.4 is 5.32 Å². The molecule has 2 aromatic heterocycles. The van der Waals surface area contributed by atoms with Crippen LogP contribution in [0.2, 0.25) is 0 Å². The van der Waals surface area contributed by atoms with Gasteiger partial charge in [-0.25, -0.2) is 4.98 Å². The van der Waals surface area contributed by atoms with Crippen LogP contribution in [-0.2, 0) is 0 Å². The minimum absolute atomic E-state index is 0.0704. The van der Waals surface area contributed by atoms with Gasteiger partial charge in [-0.15, -0.1) is 0 Å². The lowest BCUT2D eigenvalue weighted by Gasteiger charge is -2.29. The highest BCUT2D eigenvalue weighted by Crippen LogP contribution is 2.34. The molecule has 2 atom stereocenters. The molecule has 5 heteroatoms. The van der Waals surface area contributed by atoms with Crippen LogP contribution in [0, 0.1) is 4.91 Å². The molecule has 0 spiro atoms. The zero-order chi connectivity index (χ0) is 14.2. The summed E-state index contributed by atoms with van der Waals surface area (Å²) < 4.78 is 2.21. The minimum Gasteiger partial charge on any atom is -0.320 e. The second kappa shape index (κ2) is 4.93. The Morgan fingerprint density at radius 2 is 2.05 bits per heavy atom. The van der Waals surface area contributed by atoms with E-state index in [0.29, 0.717) is 6.54 Å². The smallest absolute Gasteiger partial charge is 0.141 e. The van der Waals surface area contributed by atoms with Gasteiger partial charge in [0.15, 0.2) is 0 Å². The summed E-state index contributed by atoms with van der Waals surface area (Å²) in [5.74, 6) is 0. The molecule has 1 N–H and O–H groups in total. The highest BCUT2D eigenvalue weighted by Gasteiger charge is 2.30. The summed E-state index contributed by atoms with van der Waals surface area (Å²) in [6, 6.07) is 12.1. The second-order valence-electron chi connectivity index (χ2n) is 5.49. The molecule has 3 aromatic rings. The first-order valence-corrected chi connectivity index (χ1v) is 7.27. The number of hydrogen-bond acceptors (Lipinski definition) is 4. The Hall–Kier alpha value is -2.27. The van der Waals surface area contributed by atoms with Gasteiger partial charge in [-0.2, -0.15) is 4.91 Å². The number of aromatic nitrogens is 2. The van der Waals surface area contributed by atoms with Crippen LogP contribution in [0.4, 0.5) is 0 Å². The van der Waals surface area contributed by atoms with Crippen molar-refractivity contribution >= 4 is 21.9 Å². The molecule has 1 aliphatic rings. The molecule has 21 heavy (non-hydrogen) atoms. The van der Waals surface area contributed by atoms with Crippen molar-refractivity contribution < 1.29 is 0 Å². The number of nitrogens with one attached hydrogen (secondary N) is 1. The number of pyridine rings is 1. The SMILES string of the molecule is O=N[C@H]1CNCC[C@@H]1n1c2ccccc2c2cccnc21. The predicted octanol–water partition coefficient (Wildman–Crippen LogP) is 2.86. The lowest BCUT2D eigenvalue weighted by Crippen LogP contribution is -2.40. The third kappa shape index (κ3) is 1.85. The molecule has 0 radical (unpaired) electrons. The quantitative estimate of drug-likeness (QED) is 0.734. The normalized spacial score (nSPS) is 22.7. The van der Waals surface area contributed by atoms with E-state index < -0.39 is 0 Å². The number of rotatable bonds is 2. The average Bonchev–Trinajstić information content (AvgIpc) is 2.89. The number of fused-ring (bicyclic) bond motifs is 3. The predicted molar refractivity (Wildman–Crippen MR) is 83.3 cm³/mol. The Balaban J connectivity index is 2.03. The molecular weight excluding hydrogens is 264 g/mol. The van der Waals surface area contributed by atoms with Crippen molar-refractivity contribution in [1.29, 1.82) is 0 Å². The number of benzene rings is 1. The fourth-order valence-electron chi connectivity index (χ4n) is 3.40. The molecule has 3 heterocycles. The van der Waals surface area contributed by atoms with Crippen LogP contribution in [0.3, 0.4) is 0 Å². The van der Waals surface area contributed by atoms with Gasteiger partial charge in [0.2, 0.25) is 0 Å². The summed E-state index contributed by atoms with van der Waals surface area (Å²) in [5.41, 5.74) is 2.08. The molecule has 1 aliphatic heterocycles. The highest BCUT2D eigenvalue weighted by molar-refractivity contribution is 6.06. The van der Waals surface area contributed by atoms with Crippen LogP contribution in [0.5, 0.6) is 0 Å². The monoisotopic (exact) mass is 280 g/mol. The Morgan fingerprint density at radius 3 is 2.95 bits per heavy atom. The lowest BCUT2D eigenvalue weighted by molar-refractivity contribution is 0.333. The van der Waals surface area contributed by atoms with Crippen molar-refractivity contribution in [2.75, 3.05) is 13.1 Å². The topological polar surface area (TPSA) is 59.3 Å². The van der Waals surface area contributed by atoms with Crippen molar-refractivity contribution in [1.82, 2.24) is 14.9 Å². The van der Waals surface area contributed by atoms with Crippen molar-refractivity contribution in [3.8, 4) is 0 Å². The summed E-state index contributed by atoms with van der Waals surface area (Å²) >= 11 is 0. The summed E-state index contributed by atoms with van der Waals surface area (Å²) in [4.78, 5) is 15.8. The second-order valence-corrected chi connectivity index (χ2v) is 5.49. The van der Waals surface area contributed by atoms with E-state index in [9.17, 15) is 4.91 Å². The highest BCUT2D eigenvalue weighted by atomic mass is 16.3. The van der Waals surface area contributed by atoms with Crippen LogP contribution in [0.25, 0.3) is 21.9 Å². The molecule has 1 fully saturated rings. The summed E-state index contributed by atoms with van der Waals surface area (Å²) in [7, 11) is 0. The number of nitrogens with zero attached hydrogens (tertiary/aromatic N) is 3. The summed E-state index contributed by atoms with van der Waals surface area (Å²) in [5, 5.41) is 8.90. The molecular formula is C16H16N4O.